The molecular formula is C14H21N3O5S. The van der Waals surface area contributed by atoms with E-state index in [4.69, 9.17) is 0 Å². The van der Waals surface area contributed by atoms with Crippen LogP contribution in [0.4, 0.5) is 5.69 Å². The van der Waals surface area contributed by atoms with Gasteiger partial charge in [0.25, 0.3) is 5.69 Å². The number of nitro groups is 1. The second-order valence-corrected chi connectivity index (χ2v) is 7.00. The number of sulfonamides is 1. The van der Waals surface area contributed by atoms with E-state index < -0.39 is 14.9 Å². The Morgan fingerprint density at radius 2 is 2.00 bits per heavy atom. The zero-order valence-electron chi connectivity index (χ0n) is 13.2. The number of benzene rings is 1. The number of para-hydroxylation sites is 1. The molecule has 0 saturated heterocycles. The SMILES string of the molecule is CCN(CCCNC(=O)Cc1ccccc1[N+](=O)[O-])S(C)(=O)=O. The van der Waals surface area contributed by atoms with Gasteiger partial charge < -0.3 is 5.32 Å². The van der Waals surface area contributed by atoms with Gasteiger partial charge in [-0.05, 0) is 6.42 Å². The number of hydrogen-bond donors (Lipinski definition) is 1. The van der Waals surface area contributed by atoms with Crippen molar-refractivity contribution >= 4 is 21.6 Å². The Morgan fingerprint density at radius 3 is 2.57 bits per heavy atom. The molecule has 0 aliphatic heterocycles. The van der Waals surface area contributed by atoms with Crippen LogP contribution in [0.5, 0.6) is 0 Å². The highest BCUT2D eigenvalue weighted by molar-refractivity contribution is 7.88. The van der Waals surface area contributed by atoms with E-state index in [0.29, 0.717) is 31.6 Å². The minimum Gasteiger partial charge on any atom is -0.356 e. The van der Waals surface area contributed by atoms with Crippen molar-refractivity contribution in [1.82, 2.24) is 9.62 Å². The normalized spacial score (nSPS) is 11.4. The first-order chi connectivity index (χ1) is 10.8. The molecule has 1 amide bonds. The number of nitro benzene ring substituents is 1. The van der Waals surface area contributed by atoms with Crippen LogP contribution in [-0.4, -0.2) is 49.4 Å². The summed E-state index contributed by atoms with van der Waals surface area (Å²) in [6.07, 6.45) is 1.54. The largest absolute Gasteiger partial charge is 0.356 e. The van der Waals surface area contributed by atoms with Crippen LogP contribution in [0, 0.1) is 10.1 Å². The topological polar surface area (TPSA) is 110 Å². The smallest absolute Gasteiger partial charge is 0.273 e. The van der Waals surface area contributed by atoms with Gasteiger partial charge in [0, 0.05) is 31.3 Å². The Bertz CT molecular complexity index is 660. The minimum atomic E-state index is -3.23. The van der Waals surface area contributed by atoms with Gasteiger partial charge in [-0.15, -0.1) is 0 Å². The van der Waals surface area contributed by atoms with Gasteiger partial charge in [0.1, 0.15) is 0 Å². The van der Waals surface area contributed by atoms with Crippen molar-refractivity contribution in [3.05, 3.63) is 39.9 Å². The molecule has 128 valence electrons. The molecule has 0 saturated carbocycles. The first kappa shape index (κ1) is 19.0. The number of hydrogen-bond acceptors (Lipinski definition) is 5. The van der Waals surface area contributed by atoms with E-state index in [1.54, 1.807) is 25.1 Å². The summed E-state index contributed by atoms with van der Waals surface area (Å²) in [5.41, 5.74) is 0.262. The average Bonchev–Trinajstić information content (AvgIpc) is 2.46. The van der Waals surface area contributed by atoms with Crippen LogP contribution in [-0.2, 0) is 21.2 Å². The van der Waals surface area contributed by atoms with E-state index in [2.05, 4.69) is 5.32 Å². The Balaban J connectivity index is 2.46. The number of nitrogens with zero attached hydrogens (tertiary/aromatic N) is 2. The number of amides is 1. The second-order valence-electron chi connectivity index (χ2n) is 5.02. The molecule has 8 nitrogen and oxygen atoms in total. The lowest BCUT2D eigenvalue weighted by atomic mass is 10.1. The fourth-order valence-electron chi connectivity index (χ4n) is 2.12. The third kappa shape index (κ3) is 6.33. The number of nitrogens with one attached hydrogen (secondary N) is 1. The summed E-state index contributed by atoms with van der Waals surface area (Å²) in [6, 6.07) is 6.08. The van der Waals surface area contributed by atoms with Crippen LogP contribution < -0.4 is 5.32 Å². The molecule has 0 bridgehead atoms. The Kier molecular flexibility index (Phi) is 7.11. The molecule has 9 heteroatoms. The van der Waals surface area contributed by atoms with Crippen LogP contribution in [0.1, 0.15) is 18.9 Å². The standard InChI is InChI=1S/C14H21N3O5S/c1-3-16(23(2,21)22)10-6-9-15-14(18)11-12-7-4-5-8-13(12)17(19)20/h4-5,7-8H,3,6,9-11H2,1-2H3,(H,15,18). The minimum absolute atomic E-state index is 0.0826. The molecule has 1 aromatic rings. The van der Waals surface area contributed by atoms with Crippen molar-refractivity contribution in [2.75, 3.05) is 25.9 Å². The monoisotopic (exact) mass is 343 g/mol. The van der Waals surface area contributed by atoms with Crippen LogP contribution in [0.2, 0.25) is 0 Å². The van der Waals surface area contributed by atoms with E-state index in [0.717, 1.165) is 6.26 Å². The number of carbonyl (C=O) groups is 1. The summed E-state index contributed by atoms with van der Waals surface area (Å²) < 4.78 is 24.1. The molecular weight excluding hydrogens is 322 g/mol. The van der Waals surface area contributed by atoms with Crippen LogP contribution in [0.15, 0.2) is 24.3 Å². The molecule has 0 aromatic heterocycles. The van der Waals surface area contributed by atoms with Gasteiger partial charge in [-0.3, -0.25) is 14.9 Å². The lowest BCUT2D eigenvalue weighted by Crippen LogP contribution is -2.33. The number of carbonyl (C=O) groups excluding carboxylic acids is 1. The first-order valence-electron chi connectivity index (χ1n) is 7.19. The summed E-state index contributed by atoms with van der Waals surface area (Å²) in [7, 11) is -3.23. The van der Waals surface area contributed by atoms with Crippen molar-refractivity contribution < 1.29 is 18.1 Å². The molecule has 0 spiro atoms. The quantitative estimate of drug-likeness (QED) is 0.407. The summed E-state index contributed by atoms with van der Waals surface area (Å²) in [5, 5.41) is 13.5. The van der Waals surface area contributed by atoms with Crippen molar-refractivity contribution in [2.24, 2.45) is 0 Å². The maximum Gasteiger partial charge on any atom is 0.273 e. The molecule has 0 atom stereocenters. The average molecular weight is 343 g/mol. The molecule has 0 heterocycles. The van der Waals surface area contributed by atoms with E-state index in [-0.39, 0.29) is 18.0 Å². The van der Waals surface area contributed by atoms with E-state index >= 15 is 0 Å². The van der Waals surface area contributed by atoms with Gasteiger partial charge in [-0.2, -0.15) is 0 Å². The van der Waals surface area contributed by atoms with Gasteiger partial charge in [0.15, 0.2) is 0 Å². The Morgan fingerprint density at radius 1 is 1.35 bits per heavy atom. The Hall–Kier alpha value is -2.00. The van der Waals surface area contributed by atoms with Gasteiger partial charge >= 0.3 is 0 Å². The van der Waals surface area contributed by atoms with Crippen LogP contribution >= 0.6 is 0 Å². The maximum absolute atomic E-state index is 11.8. The summed E-state index contributed by atoms with van der Waals surface area (Å²) >= 11 is 0. The summed E-state index contributed by atoms with van der Waals surface area (Å²) in [5.74, 6) is -0.332. The highest BCUT2D eigenvalue weighted by atomic mass is 32.2. The molecule has 23 heavy (non-hydrogen) atoms. The van der Waals surface area contributed by atoms with Crippen molar-refractivity contribution in [2.45, 2.75) is 19.8 Å². The number of rotatable bonds is 9. The van der Waals surface area contributed by atoms with Gasteiger partial charge in [-0.1, -0.05) is 25.1 Å². The predicted molar refractivity (Wildman–Crippen MR) is 86.5 cm³/mol. The van der Waals surface area contributed by atoms with Gasteiger partial charge in [0.2, 0.25) is 15.9 Å². The van der Waals surface area contributed by atoms with Crippen molar-refractivity contribution in [3.8, 4) is 0 Å². The molecule has 0 radical (unpaired) electrons. The summed E-state index contributed by atoms with van der Waals surface area (Å²) in [6.45, 7) is 2.75. The molecule has 1 aromatic carbocycles. The van der Waals surface area contributed by atoms with Gasteiger partial charge in [0.05, 0.1) is 17.6 Å². The predicted octanol–water partition coefficient (Wildman–Crippen LogP) is 0.925. The highest BCUT2D eigenvalue weighted by Crippen LogP contribution is 2.17. The molecule has 0 fully saturated rings. The Labute approximate surface area is 135 Å². The fourth-order valence-corrected chi connectivity index (χ4v) is 3.05. The van der Waals surface area contributed by atoms with Crippen LogP contribution in [0.25, 0.3) is 0 Å². The van der Waals surface area contributed by atoms with Gasteiger partial charge in [-0.25, -0.2) is 12.7 Å². The fraction of sp³-hybridized carbons (Fsp3) is 0.500. The molecule has 0 aliphatic carbocycles. The first-order valence-corrected chi connectivity index (χ1v) is 9.04. The third-order valence-corrected chi connectivity index (χ3v) is 4.65. The van der Waals surface area contributed by atoms with Crippen molar-refractivity contribution in [3.63, 3.8) is 0 Å². The van der Waals surface area contributed by atoms with Crippen molar-refractivity contribution in [1.29, 1.82) is 0 Å². The van der Waals surface area contributed by atoms with Crippen LogP contribution in [0.3, 0.4) is 0 Å². The van der Waals surface area contributed by atoms with E-state index in [9.17, 15) is 23.3 Å². The lowest BCUT2D eigenvalue weighted by Gasteiger charge is -2.17. The maximum atomic E-state index is 11.8. The third-order valence-electron chi connectivity index (χ3n) is 3.27. The molecule has 0 aliphatic rings. The molecule has 1 N–H and O–H groups in total. The zero-order chi connectivity index (χ0) is 17.5. The van der Waals surface area contributed by atoms with E-state index in [1.807, 2.05) is 0 Å². The highest BCUT2D eigenvalue weighted by Gasteiger charge is 2.16. The lowest BCUT2D eigenvalue weighted by molar-refractivity contribution is -0.385. The zero-order valence-corrected chi connectivity index (χ0v) is 14.0. The van der Waals surface area contributed by atoms with E-state index in [1.165, 1.54) is 10.4 Å². The summed E-state index contributed by atoms with van der Waals surface area (Å²) in [4.78, 5) is 22.2. The molecule has 1 rings (SSSR count). The second kappa shape index (κ2) is 8.59. The molecule has 0 unspecified atom stereocenters.